The van der Waals surface area contributed by atoms with Crippen LogP contribution in [0.2, 0.25) is 0 Å². The maximum atomic E-state index is 9.78. The molecule has 0 aromatic heterocycles. The van der Waals surface area contributed by atoms with Crippen LogP contribution >= 0.6 is 0 Å². The lowest BCUT2D eigenvalue weighted by atomic mass is 10.1. The number of hydrogen-bond donors (Lipinski definition) is 1. The van der Waals surface area contributed by atoms with Crippen LogP contribution in [0, 0.1) is 0 Å². The predicted octanol–water partition coefficient (Wildman–Crippen LogP) is 0.782. The van der Waals surface area contributed by atoms with Crippen LogP contribution in [-0.4, -0.2) is 59.8 Å². The molecular formula is C11H24N2O. The topological polar surface area (TPSA) is 26.7 Å². The Kier molecular flexibility index (Phi) is 4.35. The van der Waals surface area contributed by atoms with Gasteiger partial charge in [0.25, 0.3) is 0 Å². The fourth-order valence-corrected chi connectivity index (χ4v) is 2.03. The van der Waals surface area contributed by atoms with Crippen molar-refractivity contribution >= 4 is 0 Å². The minimum Gasteiger partial charge on any atom is -0.392 e. The average molecular weight is 200 g/mol. The molecule has 0 bridgehead atoms. The van der Waals surface area contributed by atoms with Gasteiger partial charge in [-0.2, -0.15) is 0 Å². The maximum Gasteiger partial charge on any atom is 0.0690 e. The number of aliphatic hydroxyl groups is 1. The first-order chi connectivity index (χ1) is 6.56. The van der Waals surface area contributed by atoms with E-state index in [0.717, 1.165) is 26.1 Å². The predicted molar refractivity (Wildman–Crippen MR) is 59.4 cm³/mol. The van der Waals surface area contributed by atoms with Crippen molar-refractivity contribution < 1.29 is 5.11 Å². The second-order valence-electron chi connectivity index (χ2n) is 4.54. The zero-order valence-corrected chi connectivity index (χ0v) is 9.90. The molecule has 0 radical (unpaired) electrons. The number of hydrogen-bond acceptors (Lipinski definition) is 3. The Balaban J connectivity index is 2.45. The van der Waals surface area contributed by atoms with Gasteiger partial charge in [-0.05, 0) is 27.3 Å². The highest BCUT2D eigenvalue weighted by Gasteiger charge is 2.26. The average Bonchev–Trinajstić information content (AvgIpc) is 2.20. The van der Waals surface area contributed by atoms with Crippen LogP contribution in [0.25, 0.3) is 0 Å². The molecule has 1 N–H and O–H groups in total. The van der Waals surface area contributed by atoms with Gasteiger partial charge in [-0.25, -0.2) is 0 Å². The second kappa shape index (κ2) is 5.10. The molecular weight excluding hydrogens is 176 g/mol. The third kappa shape index (κ3) is 2.69. The van der Waals surface area contributed by atoms with Crippen molar-refractivity contribution in [1.29, 1.82) is 0 Å². The lowest BCUT2D eigenvalue weighted by molar-refractivity contribution is 0.0132. The minimum atomic E-state index is -0.175. The lowest BCUT2D eigenvalue weighted by Crippen LogP contribution is -2.55. The summed E-state index contributed by atoms with van der Waals surface area (Å²) in [4.78, 5) is 4.78. The van der Waals surface area contributed by atoms with Crippen molar-refractivity contribution in [1.82, 2.24) is 9.80 Å². The normalized spacial score (nSPS) is 30.2. The first-order valence-corrected chi connectivity index (χ1v) is 5.68. The van der Waals surface area contributed by atoms with Crippen molar-refractivity contribution in [3.8, 4) is 0 Å². The van der Waals surface area contributed by atoms with Crippen LogP contribution in [0.5, 0.6) is 0 Å². The SMILES string of the molecule is CCC(O)C(C)N1CCN(C)C(C)C1. The summed E-state index contributed by atoms with van der Waals surface area (Å²) in [7, 11) is 2.17. The van der Waals surface area contributed by atoms with E-state index in [-0.39, 0.29) is 6.10 Å². The van der Waals surface area contributed by atoms with Gasteiger partial charge in [0.15, 0.2) is 0 Å². The molecule has 1 rings (SSSR count). The molecule has 14 heavy (non-hydrogen) atoms. The van der Waals surface area contributed by atoms with Gasteiger partial charge in [0, 0.05) is 31.7 Å². The van der Waals surface area contributed by atoms with E-state index >= 15 is 0 Å². The molecule has 0 spiro atoms. The van der Waals surface area contributed by atoms with Crippen LogP contribution in [0.3, 0.4) is 0 Å². The summed E-state index contributed by atoms with van der Waals surface area (Å²) >= 11 is 0. The number of aliphatic hydroxyl groups excluding tert-OH is 1. The van der Waals surface area contributed by atoms with E-state index in [4.69, 9.17) is 0 Å². The summed E-state index contributed by atoms with van der Waals surface area (Å²) in [6, 6.07) is 0.909. The van der Waals surface area contributed by atoms with E-state index in [9.17, 15) is 5.11 Å². The monoisotopic (exact) mass is 200 g/mol. The van der Waals surface area contributed by atoms with Crippen molar-refractivity contribution in [2.75, 3.05) is 26.7 Å². The van der Waals surface area contributed by atoms with Crippen molar-refractivity contribution in [3.05, 3.63) is 0 Å². The van der Waals surface area contributed by atoms with Gasteiger partial charge in [0.05, 0.1) is 6.10 Å². The van der Waals surface area contributed by atoms with Crippen LogP contribution < -0.4 is 0 Å². The Labute approximate surface area is 87.7 Å². The van der Waals surface area contributed by atoms with E-state index in [0.29, 0.717) is 12.1 Å². The summed E-state index contributed by atoms with van der Waals surface area (Å²) < 4.78 is 0. The summed E-state index contributed by atoms with van der Waals surface area (Å²) in [5.74, 6) is 0. The quantitative estimate of drug-likeness (QED) is 0.729. The third-order valence-electron chi connectivity index (χ3n) is 3.54. The van der Waals surface area contributed by atoms with Crippen LogP contribution in [0.4, 0.5) is 0 Å². The van der Waals surface area contributed by atoms with Gasteiger partial charge in [-0.15, -0.1) is 0 Å². The smallest absolute Gasteiger partial charge is 0.0690 e. The van der Waals surface area contributed by atoms with Gasteiger partial charge >= 0.3 is 0 Å². The van der Waals surface area contributed by atoms with E-state index in [1.807, 2.05) is 6.92 Å². The molecule has 1 heterocycles. The molecule has 1 aliphatic rings. The van der Waals surface area contributed by atoms with Gasteiger partial charge in [-0.1, -0.05) is 6.92 Å². The highest BCUT2D eigenvalue weighted by molar-refractivity contribution is 4.82. The van der Waals surface area contributed by atoms with Gasteiger partial charge in [0.1, 0.15) is 0 Å². The largest absolute Gasteiger partial charge is 0.392 e. The molecule has 3 nitrogen and oxygen atoms in total. The minimum absolute atomic E-state index is 0.175. The van der Waals surface area contributed by atoms with Crippen molar-refractivity contribution in [3.63, 3.8) is 0 Å². The van der Waals surface area contributed by atoms with E-state index in [1.165, 1.54) is 0 Å². The summed E-state index contributed by atoms with van der Waals surface area (Å²) in [6.07, 6.45) is 0.674. The molecule has 0 amide bonds. The van der Waals surface area contributed by atoms with E-state index in [2.05, 4.69) is 30.7 Å². The van der Waals surface area contributed by atoms with Crippen LogP contribution in [0.15, 0.2) is 0 Å². The standard InChI is InChI=1S/C11H24N2O/c1-5-11(14)10(3)13-7-6-12(4)9(2)8-13/h9-11,14H,5-8H2,1-4H3. The fourth-order valence-electron chi connectivity index (χ4n) is 2.03. The molecule has 0 aromatic carbocycles. The molecule has 3 heteroatoms. The Morgan fingerprint density at radius 2 is 2.07 bits per heavy atom. The Bertz CT molecular complexity index is 175. The van der Waals surface area contributed by atoms with Gasteiger partial charge in [-0.3, -0.25) is 4.90 Å². The third-order valence-corrected chi connectivity index (χ3v) is 3.54. The van der Waals surface area contributed by atoms with E-state index < -0.39 is 0 Å². The molecule has 1 fully saturated rings. The molecule has 3 atom stereocenters. The van der Waals surface area contributed by atoms with Crippen molar-refractivity contribution in [2.45, 2.75) is 45.4 Å². The Hall–Kier alpha value is -0.120. The first-order valence-electron chi connectivity index (χ1n) is 5.68. The molecule has 0 aromatic rings. The fraction of sp³-hybridized carbons (Fsp3) is 1.00. The molecule has 3 unspecified atom stereocenters. The number of rotatable bonds is 3. The Morgan fingerprint density at radius 3 is 2.57 bits per heavy atom. The van der Waals surface area contributed by atoms with Crippen molar-refractivity contribution in [2.24, 2.45) is 0 Å². The van der Waals surface area contributed by atoms with Gasteiger partial charge < -0.3 is 10.0 Å². The highest BCUT2D eigenvalue weighted by Crippen LogP contribution is 2.13. The number of likely N-dealkylation sites (N-methyl/N-ethyl adjacent to an activating group) is 1. The molecule has 1 aliphatic heterocycles. The van der Waals surface area contributed by atoms with Crippen LogP contribution in [-0.2, 0) is 0 Å². The van der Waals surface area contributed by atoms with Gasteiger partial charge in [0.2, 0.25) is 0 Å². The van der Waals surface area contributed by atoms with Crippen LogP contribution in [0.1, 0.15) is 27.2 Å². The summed E-state index contributed by atoms with van der Waals surface area (Å²) in [6.45, 7) is 9.69. The molecule has 0 saturated carbocycles. The Morgan fingerprint density at radius 1 is 1.43 bits per heavy atom. The maximum absolute atomic E-state index is 9.78. The lowest BCUT2D eigenvalue weighted by Gasteiger charge is -2.41. The zero-order valence-electron chi connectivity index (χ0n) is 9.90. The second-order valence-corrected chi connectivity index (χ2v) is 4.54. The molecule has 1 saturated heterocycles. The van der Waals surface area contributed by atoms with E-state index in [1.54, 1.807) is 0 Å². The summed E-state index contributed by atoms with van der Waals surface area (Å²) in [5, 5.41) is 9.78. The zero-order chi connectivity index (χ0) is 10.7. The molecule has 84 valence electrons. The highest BCUT2D eigenvalue weighted by atomic mass is 16.3. The number of piperazine rings is 1. The summed E-state index contributed by atoms with van der Waals surface area (Å²) in [5.41, 5.74) is 0. The first kappa shape index (κ1) is 12.0. The number of nitrogens with zero attached hydrogens (tertiary/aromatic N) is 2. The molecule has 0 aliphatic carbocycles.